The number of nitrogens with zero attached hydrogens (tertiary/aromatic N) is 1. The van der Waals surface area contributed by atoms with E-state index in [1.807, 2.05) is 0 Å². The average molecular weight is 444 g/mol. The van der Waals surface area contributed by atoms with Gasteiger partial charge in [0.2, 0.25) is 24.0 Å². The number of hydrogen-bond acceptors (Lipinski definition) is 7. The lowest BCUT2D eigenvalue weighted by Gasteiger charge is -2.25. The van der Waals surface area contributed by atoms with Crippen LogP contribution in [0.1, 0.15) is 23.2 Å². The molecule has 1 aromatic carbocycles. The van der Waals surface area contributed by atoms with Gasteiger partial charge in [0.25, 0.3) is 5.91 Å². The molecule has 170 valence electrons. The van der Waals surface area contributed by atoms with Crippen molar-refractivity contribution < 1.29 is 33.8 Å². The van der Waals surface area contributed by atoms with Crippen molar-refractivity contribution in [2.24, 2.45) is 11.7 Å². The molecule has 1 aromatic rings. The number of nitrogens with one attached hydrogen (secondary N) is 2. The number of esters is 1. The number of carbonyl (C=O) groups is 5. The first-order valence-electron chi connectivity index (χ1n) is 10.0. The average Bonchev–Trinajstić information content (AvgIpc) is 2.97. The van der Waals surface area contributed by atoms with E-state index in [4.69, 9.17) is 5.73 Å². The Morgan fingerprint density at radius 3 is 2.53 bits per heavy atom. The summed E-state index contributed by atoms with van der Waals surface area (Å²) in [6.07, 6.45) is 0.0471. The smallest absolute Gasteiger partial charge is 0.310 e. The van der Waals surface area contributed by atoms with Gasteiger partial charge in [0.15, 0.2) is 0 Å². The van der Waals surface area contributed by atoms with Gasteiger partial charge < -0.3 is 31.1 Å². The minimum Gasteiger partial charge on any atom is -0.434 e. The highest BCUT2D eigenvalue weighted by Gasteiger charge is 2.36. The van der Waals surface area contributed by atoms with Crippen LogP contribution in [0, 0.1) is 5.92 Å². The Bertz CT molecular complexity index is 947. The third kappa shape index (κ3) is 5.70. The predicted octanol–water partition coefficient (Wildman–Crippen LogP) is -1.57. The third-order valence-corrected chi connectivity index (χ3v) is 5.17. The number of cyclic esters (lactones) is 1. The number of ether oxygens (including phenoxy) is 1. The third-order valence-electron chi connectivity index (χ3n) is 5.17. The summed E-state index contributed by atoms with van der Waals surface area (Å²) in [7, 11) is 0. The number of aliphatic hydroxyl groups excluding tert-OH is 1. The molecule has 3 atom stereocenters. The zero-order valence-electron chi connectivity index (χ0n) is 17.2. The van der Waals surface area contributed by atoms with E-state index < -0.39 is 48.5 Å². The molecule has 1 saturated heterocycles. The number of carbonyl (C=O) groups excluding carboxylic acids is 5. The Kier molecular flexibility index (Phi) is 7.21. The van der Waals surface area contributed by atoms with Gasteiger partial charge >= 0.3 is 5.97 Å². The minimum atomic E-state index is -1.46. The zero-order valence-corrected chi connectivity index (χ0v) is 17.2. The summed E-state index contributed by atoms with van der Waals surface area (Å²) in [5.74, 6) is -4.19. The van der Waals surface area contributed by atoms with Gasteiger partial charge in [-0.1, -0.05) is 24.3 Å². The first-order chi connectivity index (χ1) is 15.2. The standard InChI is InChI=1S/C21H24N4O7/c22-18(28)14-7-6-12(9-23-19(29)13-4-2-1-3-5-13)10-25(20(14)30)11-16(26)24-15-8-17(27)32-21(15)31/h1-6,14-15,21,31H,7-11H2,(H2,22,28)(H,23,29)(H,24,26). The summed E-state index contributed by atoms with van der Waals surface area (Å²) < 4.78 is 4.57. The fraction of sp³-hybridized carbons (Fsp3) is 0.381. The highest BCUT2D eigenvalue weighted by Crippen LogP contribution is 2.18. The van der Waals surface area contributed by atoms with Gasteiger partial charge in [-0.25, -0.2) is 0 Å². The normalized spacial score (nSPS) is 23.1. The van der Waals surface area contributed by atoms with Crippen LogP contribution in [0.5, 0.6) is 0 Å². The maximum atomic E-state index is 12.8. The van der Waals surface area contributed by atoms with Crippen molar-refractivity contribution in [3.8, 4) is 0 Å². The van der Waals surface area contributed by atoms with Gasteiger partial charge in [-0.2, -0.15) is 0 Å². The molecule has 4 amide bonds. The monoisotopic (exact) mass is 444 g/mol. The van der Waals surface area contributed by atoms with E-state index in [1.54, 1.807) is 36.4 Å². The summed E-state index contributed by atoms with van der Waals surface area (Å²) in [6, 6.07) is 7.64. The molecule has 2 aliphatic heterocycles. The molecule has 3 rings (SSSR count). The van der Waals surface area contributed by atoms with Crippen molar-refractivity contribution in [3.63, 3.8) is 0 Å². The summed E-state index contributed by atoms with van der Waals surface area (Å²) >= 11 is 0. The number of aliphatic hydroxyl groups is 1. The largest absolute Gasteiger partial charge is 0.434 e. The van der Waals surface area contributed by atoms with Gasteiger partial charge in [-0.05, 0) is 24.1 Å². The topological polar surface area (TPSA) is 168 Å². The molecule has 0 saturated carbocycles. The van der Waals surface area contributed by atoms with E-state index in [2.05, 4.69) is 15.4 Å². The number of primary amides is 1. The van der Waals surface area contributed by atoms with Crippen LogP contribution in [0.2, 0.25) is 0 Å². The first-order valence-corrected chi connectivity index (χ1v) is 10.0. The molecule has 0 radical (unpaired) electrons. The lowest BCUT2D eigenvalue weighted by Crippen LogP contribution is -2.49. The van der Waals surface area contributed by atoms with Gasteiger partial charge in [0, 0.05) is 18.7 Å². The van der Waals surface area contributed by atoms with Gasteiger partial charge in [0.1, 0.15) is 12.0 Å². The van der Waals surface area contributed by atoms with Crippen molar-refractivity contribution in [1.82, 2.24) is 15.5 Å². The van der Waals surface area contributed by atoms with Crippen LogP contribution in [-0.2, 0) is 23.9 Å². The second-order valence-electron chi connectivity index (χ2n) is 7.55. The lowest BCUT2D eigenvalue weighted by molar-refractivity contribution is -0.155. The van der Waals surface area contributed by atoms with Crippen molar-refractivity contribution in [3.05, 3.63) is 47.5 Å². The van der Waals surface area contributed by atoms with Crippen molar-refractivity contribution >= 4 is 29.6 Å². The fourth-order valence-corrected chi connectivity index (χ4v) is 3.47. The fourth-order valence-electron chi connectivity index (χ4n) is 3.47. The number of hydrogen-bond donors (Lipinski definition) is 4. The molecule has 32 heavy (non-hydrogen) atoms. The first kappa shape index (κ1) is 22.9. The van der Waals surface area contributed by atoms with E-state index >= 15 is 0 Å². The number of benzene rings is 1. The summed E-state index contributed by atoms with van der Waals surface area (Å²) in [4.78, 5) is 61.6. The predicted molar refractivity (Wildman–Crippen MR) is 109 cm³/mol. The van der Waals surface area contributed by atoms with E-state index in [9.17, 15) is 29.1 Å². The molecule has 11 heteroatoms. The van der Waals surface area contributed by atoms with Crippen LogP contribution in [-0.4, -0.2) is 71.6 Å². The van der Waals surface area contributed by atoms with E-state index in [-0.39, 0.29) is 31.8 Å². The molecule has 0 aromatic heterocycles. The molecule has 0 bridgehead atoms. The van der Waals surface area contributed by atoms with Crippen LogP contribution in [0.15, 0.2) is 42.0 Å². The maximum absolute atomic E-state index is 12.8. The van der Waals surface area contributed by atoms with Gasteiger partial charge in [-0.3, -0.25) is 24.0 Å². The Morgan fingerprint density at radius 1 is 1.19 bits per heavy atom. The van der Waals surface area contributed by atoms with Crippen LogP contribution >= 0.6 is 0 Å². The zero-order chi connectivity index (χ0) is 23.3. The van der Waals surface area contributed by atoms with E-state index in [1.165, 1.54) is 0 Å². The quantitative estimate of drug-likeness (QED) is 0.224. The molecule has 11 nitrogen and oxygen atoms in total. The number of nitrogens with two attached hydrogens (primary N) is 1. The Labute approximate surface area is 183 Å². The molecular weight excluding hydrogens is 420 g/mol. The molecule has 0 spiro atoms. The van der Waals surface area contributed by atoms with Crippen LogP contribution < -0.4 is 16.4 Å². The minimum absolute atomic E-state index is 0.00620. The molecular formula is C21H24N4O7. The highest BCUT2D eigenvalue weighted by atomic mass is 16.6. The van der Waals surface area contributed by atoms with E-state index in [0.717, 1.165) is 4.90 Å². The van der Waals surface area contributed by atoms with Crippen molar-refractivity contribution in [1.29, 1.82) is 0 Å². The van der Waals surface area contributed by atoms with Crippen LogP contribution in [0.3, 0.4) is 0 Å². The summed E-state index contributed by atoms with van der Waals surface area (Å²) in [6.45, 7) is -0.327. The summed E-state index contributed by atoms with van der Waals surface area (Å²) in [5, 5.41) is 14.8. The second kappa shape index (κ2) is 10.1. The van der Waals surface area contributed by atoms with Gasteiger partial charge in [0.05, 0.1) is 13.0 Å². The lowest BCUT2D eigenvalue weighted by atomic mass is 10.0. The summed E-state index contributed by atoms with van der Waals surface area (Å²) in [5.41, 5.74) is 6.45. The maximum Gasteiger partial charge on any atom is 0.310 e. The van der Waals surface area contributed by atoms with Crippen LogP contribution in [0.25, 0.3) is 0 Å². The highest BCUT2D eigenvalue weighted by molar-refractivity contribution is 6.01. The van der Waals surface area contributed by atoms with Crippen molar-refractivity contribution in [2.45, 2.75) is 25.2 Å². The van der Waals surface area contributed by atoms with E-state index in [0.29, 0.717) is 11.1 Å². The molecule has 2 aliphatic rings. The molecule has 2 heterocycles. The Hall–Kier alpha value is -3.73. The second-order valence-corrected chi connectivity index (χ2v) is 7.55. The number of rotatable bonds is 7. The Morgan fingerprint density at radius 2 is 1.91 bits per heavy atom. The molecule has 3 unspecified atom stereocenters. The number of amides is 4. The molecule has 1 fully saturated rings. The molecule has 5 N–H and O–H groups in total. The molecule has 0 aliphatic carbocycles. The SMILES string of the molecule is NC(=O)C1CC=C(CNC(=O)c2ccccc2)CN(CC(=O)NC2CC(=O)OC2O)C1=O. The van der Waals surface area contributed by atoms with Gasteiger partial charge in [-0.15, -0.1) is 0 Å². The van der Waals surface area contributed by atoms with Crippen molar-refractivity contribution in [2.75, 3.05) is 19.6 Å². The Balaban J connectivity index is 1.65. The number of allylic oxidation sites excluding steroid dienone is 1. The van der Waals surface area contributed by atoms with Crippen LogP contribution in [0.4, 0.5) is 0 Å².